The number of nitrogens with zero attached hydrogens (tertiary/aromatic N) is 2. The van der Waals surface area contributed by atoms with Gasteiger partial charge >= 0.3 is 0 Å². The Hall–Kier alpha value is -0.360. The number of nitrogens with two attached hydrogens (primary N) is 1. The highest BCUT2D eigenvalue weighted by Crippen LogP contribution is 2.23. The first-order valence-corrected chi connectivity index (χ1v) is 7.87. The van der Waals surface area contributed by atoms with E-state index in [0.717, 1.165) is 30.9 Å². The third-order valence-corrected chi connectivity index (χ3v) is 4.95. The van der Waals surface area contributed by atoms with Crippen molar-refractivity contribution < 1.29 is 4.79 Å². The van der Waals surface area contributed by atoms with Crippen LogP contribution in [0.15, 0.2) is 5.38 Å². The van der Waals surface area contributed by atoms with Crippen molar-refractivity contribution in [2.24, 2.45) is 11.7 Å². The lowest BCUT2D eigenvalue weighted by Crippen LogP contribution is -2.42. The van der Waals surface area contributed by atoms with Crippen molar-refractivity contribution in [3.05, 3.63) is 16.1 Å². The van der Waals surface area contributed by atoms with Crippen molar-refractivity contribution in [3.63, 3.8) is 0 Å². The molecule has 0 bridgehead atoms. The predicted molar refractivity (Wildman–Crippen MR) is 93.0 cm³/mol. The Kier molecular flexibility index (Phi) is 8.78. The SMILES string of the molecule is CC(C)c1nc(C(=O)N2CCC(C(C)N)CC2)cs1.Cl.Cl. The molecule has 1 aliphatic heterocycles. The Morgan fingerprint density at radius 3 is 2.33 bits per heavy atom. The molecule has 0 aromatic carbocycles. The molecule has 7 heteroatoms. The third-order valence-electron chi connectivity index (χ3n) is 3.81. The summed E-state index contributed by atoms with van der Waals surface area (Å²) in [4.78, 5) is 18.7. The lowest BCUT2D eigenvalue weighted by molar-refractivity contribution is 0.0675. The maximum absolute atomic E-state index is 12.4. The number of amides is 1. The number of hydrogen-bond acceptors (Lipinski definition) is 4. The van der Waals surface area contributed by atoms with E-state index in [2.05, 4.69) is 25.8 Å². The van der Waals surface area contributed by atoms with Crippen molar-refractivity contribution in [3.8, 4) is 0 Å². The number of halogens is 2. The van der Waals surface area contributed by atoms with Crippen molar-refractivity contribution in [2.45, 2.75) is 45.6 Å². The van der Waals surface area contributed by atoms with Crippen LogP contribution < -0.4 is 5.73 Å². The highest BCUT2D eigenvalue weighted by molar-refractivity contribution is 7.09. The summed E-state index contributed by atoms with van der Waals surface area (Å²) in [5.74, 6) is 1.01. The molecular formula is C14H25Cl2N3OS. The van der Waals surface area contributed by atoms with Crippen LogP contribution in [0.1, 0.15) is 55.0 Å². The van der Waals surface area contributed by atoms with E-state index in [9.17, 15) is 4.79 Å². The zero-order valence-electron chi connectivity index (χ0n) is 12.7. The minimum Gasteiger partial charge on any atom is -0.337 e. The van der Waals surface area contributed by atoms with Crippen LogP contribution in [0, 0.1) is 5.92 Å². The van der Waals surface area contributed by atoms with Crippen molar-refractivity contribution in [1.82, 2.24) is 9.88 Å². The number of thiazole rings is 1. The molecule has 1 fully saturated rings. The monoisotopic (exact) mass is 353 g/mol. The van der Waals surface area contributed by atoms with E-state index in [4.69, 9.17) is 5.73 Å². The van der Waals surface area contributed by atoms with Gasteiger partial charge < -0.3 is 10.6 Å². The van der Waals surface area contributed by atoms with Crippen LogP contribution in [0.4, 0.5) is 0 Å². The molecule has 1 saturated heterocycles. The molecule has 122 valence electrons. The zero-order chi connectivity index (χ0) is 14.0. The molecule has 1 amide bonds. The molecule has 0 aliphatic carbocycles. The van der Waals surface area contributed by atoms with Crippen molar-refractivity contribution in [1.29, 1.82) is 0 Å². The van der Waals surface area contributed by atoms with Gasteiger partial charge in [-0.2, -0.15) is 0 Å². The molecule has 2 heterocycles. The zero-order valence-corrected chi connectivity index (χ0v) is 15.2. The highest BCUT2D eigenvalue weighted by atomic mass is 35.5. The minimum absolute atomic E-state index is 0. The van der Waals surface area contributed by atoms with Gasteiger partial charge in [0, 0.05) is 30.4 Å². The molecule has 1 aromatic rings. The second kappa shape index (κ2) is 8.93. The van der Waals surface area contributed by atoms with Crippen LogP contribution in [0.25, 0.3) is 0 Å². The molecule has 4 nitrogen and oxygen atoms in total. The highest BCUT2D eigenvalue weighted by Gasteiger charge is 2.26. The second-order valence-electron chi connectivity index (χ2n) is 5.71. The van der Waals surface area contributed by atoms with Gasteiger partial charge in [0.25, 0.3) is 5.91 Å². The smallest absolute Gasteiger partial charge is 0.273 e. The number of piperidine rings is 1. The summed E-state index contributed by atoms with van der Waals surface area (Å²) in [6.45, 7) is 7.86. The van der Waals surface area contributed by atoms with Gasteiger partial charge in [-0.25, -0.2) is 4.98 Å². The number of carbonyl (C=O) groups is 1. The van der Waals surface area contributed by atoms with Crippen molar-refractivity contribution in [2.75, 3.05) is 13.1 Å². The topological polar surface area (TPSA) is 59.2 Å². The summed E-state index contributed by atoms with van der Waals surface area (Å²) in [5.41, 5.74) is 6.53. The average Bonchev–Trinajstić information content (AvgIpc) is 2.87. The third kappa shape index (κ3) is 5.09. The van der Waals surface area contributed by atoms with Crippen LogP contribution in [0.2, 0.25) is 0 Å². The predicted octanol–water partition coefficient (Wildman–Crippen LogP) is 3.31. The van der Waals surface area contributed by atoms with Crippen LogP contribution in [0.5, 0.6) is 0 Å². The number of carbonyl (C=O) groups excluding carboxylic acids is 1. The molecule has 2 rings (SSSR count). The lowest BCUT2D eigenvalue weighted by atomic mass is 9.91. The van der Waals surface area contributed by atoms with Gasteiger partial charge in [-0.3, -0.25) is 4.79 Å². The van der Waals surface area contributed by atoms with E-state index in [0.29, 0.717) is 17.5 Å². The van der Waals surface area contributed by atoms with Gasteiger partial charge in [0.05, 0.1) is 5.01 Å². The molecule has 1 unspecified atom stereocenters. The molecule has 1 aliphatic rings. The first-order valence-electron chi connectivity index (χ1n) is 6.99. The van der Waals surface area contributed by atoms with Gasteiger partial charge in [0.1, 0.15) is 5.69 Å². The molecular weight excluding hydrogens is 329 g/mol. The second-order valence-corrected chi connectivity index (χ2v) is 6.60. The van der Waals surface area contributed by atoms with E-state index in [-0.39, 0.29) is 36.8 Å². The summed E-state index contributed by atoms with van der Waals surface area (Å²) < 4.78 is 0. The summed E-state index contributed by atoms with van der Waals surface area (Å²) in [5, 5.41) is 2.92. The first kappa shape index (κ1) is 20.6. The summed E-state index contributed by atoms with van der Waals surface area (Å²) in [6, 6.07) is 0.226. The Bertz CT molecular complexity index is 443. The summed E-state index contributed by atoms with van der Waals surface area (Å²) >= 11 is 1.58. The minimum atomic E-state index is 0. The molecule has 0 radical (unpaired) electrons. The standard InChI is InChI=1S/C14H23N3OS.2ClH/c1-9(2)13-16-12(8-19-13)14(18)17-6-4-11(5-7-17)10(3)15;;/h8-11H,4-7,15H2,1-3H3;2*1H. The van der Waals surface area contributed by atoms with Gasteiger partial charge in [-0.1, -0.05) is 13.8 Å². The number of rotatable bonds is 3. The number of aromatic nitrogens is 1. The Morgan fingerprint density at radius 1 is 1.33 bits per heavy atom. The molecule has 0 spiro atoms. The maximum atomic E-state index is 12.4. The first-order chi connectivity index (χ1) is 8.99. The normalized spacial score (nSPS) is 17.1. The van der Waals surface area contributed by atoms with Gasteiger partial charge in [0.15, 0.2) is 0 Å². The fourth-order valence-corrected chi connectivity index (χ4v) is 3.25. The van der Waals surface area contributed by atoms with E-state index in [1.807, 2.05) is 10.3 Å². The fourth-order valence-electron chi connectivity index (χ4n) is 2.44. The fraction of sp³-hybridized carbons (Fsp3) is 0.714. The summed E-state index contributed by atoms with van der Waals surface area (Å²) in [6.07, 6.45) is 2.01. The summed E-state index contributed by atoms with van der Waals surface area (Å²) in [7, 11) is 0. The van der Waals surface area contributed by atoms with Crippen LogP contribution >= 0.6 is 36.2 Å². The van der Waals surface area contributed by atoms with E-state index < -0.39 is 0 Å². The molecule has 21 heavy (non-hydrogen) atoms. The van der Waals surface area contributed by atoms with Crippen molar-refractivity contribution >= 4 is 42.1 Å². The average molecular weight is 354 g/mol. The van der Waals surface area contributed by atoms with E-state index >= 15 is 0 Å². The Balaban J connectivity index is 0.00000200. The molecule has 1 aromatic heterocycles. The van der Waals surface area contributed by atoms with Gasteiger partial charge in [-0.15, -0.1) is 36.2 Å². The van der Waals surface area contributed by atoms with Gasteiger partial charge in [-0.05, 0) is 25.7 Å². The van der Waals surface area contributed by atoms with Crippen LogP contribution in [0.3, 0.4) is 0 Å². The lowest BCUT2D eigenvalue weighted by Gasteiger charge is -2.33. The number of hydrogen-bond donors (Lipinski definition) is 1. The molecule has 2 N–H and O–H groups in total. The molecule has 1 atom stereocenters. The van der Waals surface area contributed by atoms with Crippen LogP contribution in [-0.4, -0.2) is 34.9 Å². The van der Waals surface area contributed by atoms with E-state index in [1.165, 1.54) is 0 Å². The number of likely N-dealkylation sites (tertiary alicyclic amines) is 1. The Morgan fingerprint density at radius 2 is 1.90 bits per heavy atom. The largest absolute Gasteiger partial charge is 0.337 e. The Labute approximate surface area is 143 Å². The van der Waals surface area contributed by atoms with E-state index in [1.54, 1.807) is 11.3 Å². The molecule has 0 saturated carbocycles. The van der Waals surface area contributed by atoms with Crippen LogP contribution in [-0.2, 0) is 0 Å². The van der Waals surface area contributed by atoms with Gasteiger partial charge in [0.2, 0.25) is 0 Å². The quantitative estimate of drug-likeness (QED) is 0.906. The maximum Gasteiger partial charge on any atom is 0.273 e.